The molecule has 0 fully saturated rings. The summed E-state index contributed by atoms with van der Waals surface area (Å²) >= 11 is 5.85. The number of hydrogen-bond acceptors (Lipinski definition) is 2. The lowest BCUT2D eigenvalue weighted by Crippen LogP contribution is -2.17. The van der Waals surface area contributed by atoms with Gasteiger partial charge in [-0.3, -0.25) is 4.79 Å². The summed E-state index contributed by atoms with van der Waals surface area (Å²) < 4.78 is 2.19. The number of aromatic nitrogens is 1. The first-order valence-corrected chi connectivity index (χ1v) is 9.68. The first-order valence-electron chi connectivity index (χ1n) is 9.30. The predicted octanol–water partition coefficient (Wildman–Crippen LogP) is 5.66. The second-order valence-corrected chi connectivity index (χ2v) is 7.34. The second kappa shape index (κ2) is 7.94. The molecular weight excluding hydrogens is 382 g/mol. The van der Waals surface area contributed by atoms with Gasteiger partial charge in [0, 0.05) is 33.2 Å². The molecule has 0 aliphatic rings. The molecule has 0 atom stereocenters. The molecule has 0 spiro atoms. The lowest BCUT2D eigenvalue weighted by molar-refractivity contribution is 0.0955. The molecule has 3 aromatic carbocycles. The molecule has 0 unspecified atom stereocenters. The lowest BCUT2D eigenvalue weighted by atomic mass is 10.1. The third-order valence-electron chi connectivity index (χ3n) is 4.94. The number of hydrogen-bond donors (Lipinski definition) is 1. The molecule has 29 heavy (non-hydrogen) atoms. The van der Waals surface area contributed by atoms with Gasteiger partial charge in [0.25, 0.3) is 5.91 Å². The Hall–Kier alpha value is -3.37. The molecule has 4 aromatic rings. The van der Waals surface area contributed by atoms with E-state index in [9.17, 15) is 4.79 Å². The molecule has 1 N–H and O–H groups in total. The molecule has 0 radical (unpaired) electrons. The van der Waals surface area contributed by atoms with E-state index in [2.05, 4.69) is 58.4 Å². The van der Waals surface area contributed by atoms with Gasteiger partial charge in [0.1, 0.15) is 0 Å². The SMILES string of the molecule is Cc1cc(/C=N\NC(=O)c2ccc(Cl)cc2)c(C)n1-c1ccc2ccccc2c1. The van der Waals surface area contributed by atoms with Gasteiger partial charge in [0.05, 0.1) is 6.21 Å². The van der Waals surface area contributed by atoms with Crippen LogP contribution in [0.25, 0.3) is 16.5 Å². The number of nitrogens with one attached hydrogen (secondary N) is 1. The molecule has 0 aliphatic carbocycles. The van der Waals surface area contributed by atoms with E-state index in [-0.39, 0.29) is 5.91 Å². The van der Waals surface area contributed by atoms with E-state index >= 15 is 0 Å². The van der Waals surface area contributed by atoms with Crippen molar-refractivity contribution >= 4 is 34.5 Å². The summed E-state index contributed by atoms with van der Waals surface area (Å²) in [7, 11) is 0. The van der Waals surface area contributed by atoms with Crippen molar-refractivity contribution in [3.63, 3.8) is 0 Å². The fraction of sp³-hybridized carbons (Fsp3) is 0.0833. The van der Waals surface area contributed by atoms with E-state index in [0.717, 1.165) is 22.6 Å². The van der Waals surface area contributed by atoms with Crippen LogP contribution in [-0.4, -0.2) is 16.7 Å². The molecule has 5 heteroatoms. The van der Waals surface area contributed by atoms with Crippen molar-refractivity contribution in [2.24, 2.45) is 5.10 Å². The smallest absolute Gasteiger partial charge is 0.271 e. The highest BCUT2D eigenvalue weighted by molar-refractivity contribution is 6.30. The molecule has 1 heterocycles. The molecule has 4 nitrogen and oxygen atoms in total. The zero-order valence-electron chi connectivity index (χ0n) is 16.2. The van der Waals surface area contributed by atoms with Gasteiger partial charge in [0.2, 0.25) is 0 Å². The van der Waals surface area contributed by atoms with Gasteiger partial charge in [0.15, 0.2) is 0 Å². The Bertz CT molecular complexity index is 1220. The highest BCUT2D eigenvalue weighted by Crippen LogP contribution is 2.23. The maximum absolute atomic E-state index is 12.2. The second-order valence-electron chi connectivity index (χ2n) is 6.90. The Balaban J connectivity index is 1.57. The minimum atomic E-state index is -0.277. The number of halogens is 1. The van der Waals surface area contributed by atoms with Crippen LogP contribution in [-0.2, 0) is 0 Å². The van der Waals surface area contributed by atoms with E-state index in [0.29, 0.717) is 10.6 Å². The van der Waals surface area contributed by atoms with Gasteiger partial charge < -0.3 is 4.57 Å². The van der Waals surface area contributed by atoms with E-state index in [1.807, 2.05) is 19.1 Å². The monoisotopic (exact) mass is 401 g/mol. The summed E-state index contributed by atoms with van der Waals surface area (Å²) in [6.45, 7) is 4.11. The molecular formula is C24H20ClN3O. The van der Waals surface area contributed by atoms with Crippen LogP contribution in [0.15, 0.2) is 77.9 Å². The van der Waals surface area contributed by atoms with E-state index in [4.69, 9.17) is 11.6 Å². The van der Waals surface area contributed by atoms with Gasteiger partial charge in [-0.1, -0.05) is 41.9 Å². The van der Waals surface area contributed by atoms with E-state index in [1.165, 1.54) is 10.8 Å². The number of aryl methyl sites for hydroxylation is 1. The summed E-state index contributed by atoms with van der Waals surface area (Å²) in [4.78, 5) is 12.2. The van der Waals surface area contributed by atoms with Gasteiger partial charge in [-0.15, -0.1) is 0 Å². The lowest BCUT2D eigenvalue weighted by Gasteiger charge is -2.11. The number of nitrogens with zero attached hydrogens (tertiary/aromatic N) is 2. The summed E-state index contributed by atoms with van der Waals surface area (Å²) in [6, 6.07) is 23.5. The summed E-state index contributed by atoms with van der Waals surface area (Å²) in [5.41, 5.74) is 7.28. The minimum absolute atomic E-state index is 0.277. The normalized spacial score (nSPS) is 11.3. The number of amides is 1. The van der Waals surface area contributed by atoms with Crippen LogP contribution in [0.5, 0.6) is 0 Å². The molecule has 1 aromatic heterocycles. The van der Waals surface area contributed by atoms with E-state index < -0.39 is 0 Å². The molecule has 0 aliphatic heterocycles. The minimum Gasteiger partial charge on any atom is -0.318 e. The third kappa shape index (κ3) is 3.93. The molecule has 0 saturated heterocycles. The number of benzene rings is 3. The Labute approximate surface area is 174 Å². The number of carbonyl (C=O) groups is 1. The molecule has 1 amide bonds. The van der Waals surface area contributed by atoms with Crippen molar-refractivity contribution in [3.8, 4) is 5.69 Å². The highest BCUT2D eigenvalue weighted by atomic mass is 35.5. The quantitative estimate of drug-likeness (QED) is 0.348. The number of hydrazone groups is 1. The Kier molecular flexibility index (Phi) is 5.19. The largest absolute Gasteiger partial charge is 0.318 e. The molecule has 0 bridgehead atoms. The van der Waals surface area contributed by atoms with Crippen LogP contribution in [0.4, 0.5) is 0 Å². The van der Waals surface area contributed by atoms with Crippen molar-refractivity contribution in [3.05, 3.63) is 100 Å². The predicted molar refractivity (Wildman–Crippen MR) is 119 cm³/mol. The zero-order valence-corrected chi connectivity index (χ0v) is 16.9. The fourth-order valence-electron chi connectivity index (χ4n) is 3.46. The van der Waals surface area contributed by atoms with Crippen molar-refractivity contribution in [2.45, 2.75) is 13.8 Å². The van der Waals surface area contributed by atoms with Crippen molar-refractivity contribution in [2.75, 3.05) is 0 Å². The molecule has 144 valence electrons. The third-order valence-corrected chi connectivity index (χ3v) is 5.19. The summed E-state index contributed by atoms with van der Waals surface area (Å²) in [5.74, 6) is -0.277. The van der Waals surface area contributed by atoms with Crippen LogP contribution in [0.2, 0.25) is 5.02 Å². The van der Waals surface area contributed by atoms with Gasteiger partial charge >= 0.3 is 0 Å². The summed E-state index contributed by atoms with van der Waals surface area (Å²) in [5, 5.41) is 7.13. The van der Waals surface area contributed by atoms with Gasteiger partial charge in [-0.05, 0) is 67.1 Å². The maximum atomic E-state index is 12.2. The summed E-state index contributed by atoms with van der Waals surface area (Å²) in [6.07, 6.45) is 1.67. The number of fused-ring (bicyclic) bond motifs is 1. The number of carbonyl (C=O) groups excluding carboxylic acids is 1. The standard InChI is InChI=1S/C24H20ClN3O/c1-16-13-21(15-26-27-24(29)19-7-10-22(25)11-8-19)17(2)28(16)23-12-9-18-5-3-4-6-20(18)14-23/h3-15H,1-2H3,(H,27,29)/b26-15-. The average Bonchev–Trinajstić information content (AvgIpc) is 3.01. The first kappa shape index (κ1) is 19.0. The topological polar surface area (TPSA) is 46.4 Å². The first-order chi connectivity index (χ1) is 14.0. The van der Waals surface area contributed by atoms with Crippen LogP contribution >= 0.6 is 11.6 Å². The van der Waals surface area contributed by atoms with Gasteiger partial charge in [-0.2, -0.15) is 5.10 Å². The Morgan fingerprint density at radius 2 is 1.69 bits per heavy atom. The van der Waals surface area contributed by atoms with Crippen LogP contribution in [0, 0.1) is 13.8 Å². The highest BCUT2D eigenvalue weighted by Gasteiger charge is 2.10. The Morgan fingerprint density at radius 3 is 2.45 bits per heavy atom. The van der Waals surface area contributed by atoms with Gasteiger partial charge in [-0.25, -0.2) is 5.43 Å². The molecule has 0 saturated carbocycles. The van der Waals surface area contributed by atoms with Crippen molar-refractivity contribution in [1.82, 2.24) is 9.99 Å². The zero-order chi connectivity index (χ0) is 20.4. The van der Waals surface area contributed by atoms with Crippen molar-refractivity contribution < 1.29 is 4.79 Å². The van der Waals surface area contributed by atoms with Crippen molar-refractivity contribution in [1.29, 1.82) is 0 Å². The van der Waals surface area contributed by atoms with Crippen LogP contribution < -0.4 is 5.43 Å². The van der Waals surface area contributed by atoms with E-state index in [1.54, 1.807) is 30.5 Å². The van der Waals surface area contributed by atoms with Crippen LogP contribution in [0.1, 0.15) is 27.3 Å². The number of rotatable bonds is 4. The maximum Gasteiger partial charge on any atom is 0.271 e. The average molecular weight is 402 g/mol. The fourth-order valence-corrected chi connectivity index (χ4v) is 3.58. The molecule has 4 rings (SSSR count). The van der Waals surface area contributed by atoms with Crippen LogP contribution in [0.3, 0.4) is 0 Å². The Morgan fingerprint density at radius 1 is 0.966 bits per heavy atom.